The fraction of sp³-hybridized carbons (Fsp3) is 0.500. The number of aromatic hydroxyl groups is 1. The third-order valence-electron chi connectivity index (χ3n) is 2.48. The van der Waals surface area contributed by atoms with Gasteiger partial charge in [-0.05, 0) is 12.5 Å². The summed E-state index contributed by atoms with van der Waals surface area (Å²) in [6.07, 6.45) is 0. The van der Waals surface area contributed by atoms with E-state index >= 15 is 0 Å². The second kappa shape index (κ2) is 5.51. The summed E-state index contributed by atoms with van der Waals surface area (Å²) in [7, 11) is 0. The first-order valence-electron chi connectivity index (χ1n) is 5.54. The summed E-state index contributed by atoms with van der Waals surface area (Å²) in [5.74, 6) is -0.247. The molecule has 0 aliphatic heterocycles. The van der Waals surface area contributed by atoms with E-state index in [9.17, 15) is 9.90 Å². The topological polar surface area (TPSA) is 78.1 Å². The van der Waals surface area contributed by atoms with Gasteiger partial charge in [0.15, 0.2) is 0 Å². The number of aromatic nitrogens is 1. The lowest BCUT2D eigenvalue weighted by Crippen LogP contribution is -2.30. The number of nitrogens with zero attached hydrogens (tertiary/aromatic N) is 2. The number of nitrogens with one attached hydrogen (secondary N) is 1. The molecular weight excluding hydrogens is 218 g/mol. The maximum absolute atomic E-state index is 11.7. The standard InChI is InChI=1S/C12H17N3O2/c1-8(2)14-4-5-15-11(16)6-9(3)10(7-13)12(15)17/h6,8,14,17H,4-5H2,1-3H3. The Morgan fingerprint density at radius 1 is 1.59 bits per heavy atom. The van der Waals surface area contributed by atoms with Crippen molar-refractivity contribution in [1.82, 2.24) is 9.88 Å². The Bertz CT molecular complexity index is 498. The molecule has 5 heteroatoms. The van der Waals surface area contributed by atoms with Crippen LogP contribution in [0.25, 0.3) is 0 Å². The molecule has 1 rings (SSSR count). The van der Waals surface area contributed by atoms with Gasteiger partial charge in [-0.15, -0.1) is 0 Å². The van der Waals surface area contributed by atoms with Crippen LogP contribution in [0.2, 0.25) is 0 Å². The first-order chi connectivity index (χ1) is 7.97. The Morgan fingerprint density at radius 2 is 2.24 bits per heavy atom. The molecule has 0 saturated carbocycles. The van der Waals surface area contributed by atoms with Crippen LogP contribution in [0.3, 0.4) is 0 Å². The van der Waals surface area contributed by atoms with Crippen molar-refractivity contribution < 1.29 is 5.11 Å². The highest BCUT2D eigenvalue weighted by Crippen LogP contribution is 2.16. The predicted molar refractivity (Wildman–Crippen MR) is 65.0 cm³/mol. The molecule has 0 bridgehead atoms. The number of hydrogen-bond acceptors (Lipinski definition) is 4. The predicted octanol–water partition coefficient (Wildman–Crippen LogP) is 0.732. The first-order valence-corrected chi connectivity index (χ1v) is 5.54. The molecule has 5 nitrogen and oxygen atoms in total. The molecule has 0 fully saturated rings. The van der Waals surface area contributed by atoms with Crippen LogP contribution in [-0.4, -0.2) is 22.3 Å². The zero-order chi connectivity index (χ0) is 13.0. The van der Waals surface area contributed by atoms with Crippen LogP contribution in [0.4, 0.5) is 0 Å². The van der Waals surface area contributed by atoms with Gasteiger partial charge in [0.25, 0.3) is 5.56 Å². The summed E-state index contributed by atoms with van der Waals surface area (Å²) >= 11 is 0. The smallest absolute Gasteiger partial charge is 0.253 e. The van der Waals surface area contributed by atoms with E-state index in [4.69, 9.17) is 5.26 Å². The zero-order valence-corrected chi connectivity index (χ0v) is 10.3. The van der Waals surface area contributed by atoms with Crippen LogP contribution in [-0.2, 0) is 6.54 Å². The Hall–Kier alpha value is -1.80. The summed E-state index contributed by atoms with van der Waals surface area (Å²) in [5, 5.41) is 21.9. The largest absolute Gasteiger partial charge is 0.493 e. The lowest BCUT2D eigenvalue weighted by atomic mass is 10.1. The van der Waals surface area contributed by atoms with Crippen molar-refractivity contribution >= 4 is 0 Å². The number of nitriles is 1. The summed E-state index contributed by atoms with van der Waals surface area (Å²) < 4.78 is 1.21. The van der Waals surface area contributed by atoms with Crippen molar-refractivity contribution in [3.63, 3.8) is 0 Å². The average molecular weight is 235 g/mol. The van der Waals surface area contributed by atoms with Gasteiger partial charge in [-0.3, -0.25) is 9.36 Å². The molecule has 0 saturated heterocycles. The minimum Gasteiger partial charge on any atom is -0.493 e. The molecule has 0 atom stereocenters. The average Bonchev–Trinajstić information content (AvgIpc) is 2.22. The van der Waals surface area contributed by atoms with Crippen molar-refractivity contribution in [1.29, 1.82) is 5.26 Å². The van der Waals surface area contributed by atoms with Crippen LogP contribution in [0.1, 0.15) is 25.0 Å². The maximum Gasteiger partial charge on any atom is 0.253 e. The number of hydrogen-bond donors (Lipinski definition) is 2. The fourth-order valence-electron chi connectivity index (χ4n) is 1.57. The summed E-state index contributed by atoms with van der Waals surface area (Å²) in [6.45, 7) is 6.55. The van der Waals surface area contributed by atoms with E-state index in [0.717, 1.165) is 0 Å². The Kier molecular flexibility index (Phi) is 4.30. The molecule has 0 spiro atoms. The number of rotatable bonds is 4. The molecular formula is C12H17N3O2. The molecule has 0 amide bonds. The van der Waals surface area contributed by atoms with Crippen LogP contribution >= 0.6 is 0 Å². The number of aryl methyl sites for hydroxylation is 1. The van der Waals surface area contributed by atoms with E-state index < -0.39 is 0 Å². The van der Waals surface area contributed by atoms with E-state index in [-0.39, 0.29) is 17.0 Å². The van der Waals surface area contributed by atoms with Gasteiger partial charge in [-0.1, -0.05) is 13.8 Å². The van der Waals surface area contributed by atoms with Crippen LogP contribution in [0.15, 0.2) is 10.9 Å². The van der Waals surface area contributed by atoms with Crippen LogP contribution in [0, 0.1) is 18.3 Å². The SMILES string of the molecule is Cc1cc(=O)n(CCNC(C)C)c(O)c1C#N. The van der Waals surface area contributed by atoms with Crippen LogP contribution in [0.5, 0.6) is 5.88 Å². The first kappa shape index (κ1) is 13.3. The van der Waals surface area contributed by atoms with Crippen molar-refractivity contribution in [3.05, 3.63) is 27.5 Å². The molecule has 2 N–H and O–H groups in total. The van der Waals surface area contributed by atoms with E-state index in [0.29, 0.717) is 24.7 Å². The molecule has 1 aromatic heterocycles. The van der Waals surface area contributed by atoms with Gasteiger partial charge in [0.05, 0.1) is 0 Å². The number of pyridine rings is 1. The summed E-state index contributed by atoms with van der Waals surface area (Å²) in [6, 6.07) is 3.58. The van der Waals surface area contributed by atoms with Gasteiger partial charge in [-0.25, -0.2) is 0 Å². The van der Waals surface area contributed by atoms with Crippen molar-refractivity contribution in [2.75, 3.05) is 6.54 Å². The normalized spacial score (nSPS) is 10.5. The van der Waals surface area contributed by atoms with Crippen molar-refractivity contribution in [3.8, 4) is 11.9 Å². The monoisotopic (exact) mass is 235 g/mol. The third-order valence-corrected chi connectivity index (χ3v) is 2.48. The highest BCUT2D eigenvalue weighted by atomic mass is 16.3. The maximum atomic E-state index is 11.7. The lowest BCUT2D eigenvalue weighted by molar-refractivity contribution is 0.396. The molecule has 92 valence electrons. The Morgan fingerprint density at radius 3 is 2.76 bits per heavy atom. The fourth-order valence-corrected chi connectivity index (χ4v) is 1.57. The summed E-state index contributed by atoms with van der Waals surface area (Å²) in [4.78, 5) is 11.7. The second-order valence-electron chi connectivity index (χ2n) is 4.24. The molecule has 1 aromatic rings. The van der Waals surface area contributed by atoms with Gasteiger partial charge in [-0.2, -0.15) is 5.26 Å². The molecule has 0 unspecified atom stereocenters. The lowest BCUT2D eigenvalue weighted by Gasteiger charge is -2.12. The molecule has 0 aliphatic rings. The van der Waals surface area contributed by atoms with E-state index in [1.54, 1.807) is 6.92 Å². The Labute approximate surface area is 100 Å². The molecule has 1 heterocycles. The van der Waals surface area contributed by atoms with Crippen LogP contribution < -0.4 is 10.9 Å². The van der Waals surface area contributed by atoms with E-state index in [1.807, 2.05) is 19.9 Å². The van der Waals surface area contributed by atoms with Crippen molar-refractivity contribution in [2.24, 2.45) is 0 Å². The highest BCUT2D eigenvalue weighted by Gasteiger charge is 2.11. The quantitative estimate of drug-likeness (QED) is 0.806. The van der Waals surface area contributed by atoms with Gasteiger partial charge in [0, 0.05) is 25.2 Å². The molecule has 17 heavy (non-hydrogen) atoms. The molecule has 0 aliphatic carbocycles. The Balaban J connectivity index is 3.01. The molecule has 0 aromatic carbocycles. The van der Waals surface area contributed by atoms with Crippen molar-refractivity contribution in [2.45, 2.75) is 33.4 Å². The zero-order valence-electron chi connectivity index (χ0n) is 10.3. The highest BCUT2D eigenvalue weighted by molar-refractivity contribution is 5.43. The minimum absolute atomic E-state index is 0.161. The minimum atomic E-state index is -0.287. The summed E-state index contributed by atoms with van der Waals surface area (Å²) in [5.41, 5.74) is 0.377. The van der Waals surface area contributed by atoms with Gasteiger partial charge < -0.3 is 10.4 Å². The second-order valence-corrected chi connectivity index (χ2v) is 4.24. The van der Waals surface area contributed by atoms with E-state index in [1.165, 1.54) is 10.6 Å². The van der Waals surface area contributed by atoms with Gasteiger partial charge in [0.1, 0.15) is 11.6 Å². The van der Waals surface area contributed by atoms with Gasteiger partial charge >= 0.3 is 0 Å². The third kappa shape index (κ3) is 3.08. The van der Waals surface area contributed by atoms with E-state index in [2.05, 4.69) is 5.32 Å². The molecule has 0 radical (unpaired) electrons. The van der Waals surface area contributed by atoms with Gasteiger partial charge in [0.2, 0.25) is 5.88 Å².